The number of aromatic hydroxyl groups is 1. The van der Waals surface area contributed by atoms with E-state index < -0.39 is 0 Å². The van der Waals surface area contributed by atoms with Gasteiger partial charge in [0.05, 0.1) is 6.20 Å². The second-order valence-electron chi connectivity index (χ2n) is 6.09. The number of hydrogen-bond acceptors (Lipinski definition) is 3. The Balaban J connectivity index is 2.05. The molecule has 0 aliphatic heterocycles. The van der Waals surface area contributed by atoms with Crippen molar-refractivity contribution < 1.29 is 9.52 Å². The van der Waals surface area contributed by atoms with Crippen LogP contribution in [0.1, 0.15) is 25.3 Å². The molecule has 0 saturated carbocycles. The second-order valence-corrected chi connectivity index (χ2v) is 6.09. The molecule has 0 fully saturated rings. The van der Waals surface area contributed by atoms with Crippen molar-refractivity contribution in [3.8, 4) is 16.9 Å². The lowest BCUT2D eigenvalue weighted by Gasteiger charge is -2.04. The van der Waals surface area contributed by atoms with Gasteiger partial charge < -0.3 is 9.52 Å². The van der Waals surface area contributed by atoms with E-state index in [0.29, 0.717) is 5.92 Å². The maximum atomic E-state index is 10.1. The molecule has 0 aliphatic rings. The summed E-state index contributed by atoms with van der Waals surface area (Å²) in [6.07, 6.45) is 3.13. The first-order valence-corrected chi connectivity index (χ1v) is 7.73. The van der Waals surface area contributed by atoms with Crippen molar-refractivity contribution in [1.29, 1.82) is 0 Å². The van der Waals surface area contributed by atoms with Crippen molar-refractivity contribution in [3.05, 3.63) is 60.4 Å². The molecule has 0 bridgehead atoms. The zero-order chi connectivity index (χ0) is 16.0. The van der Waals surface area contributed by atoms with Gasteiger partial charge in [0.2, 0.25) is 0 Å². The molecule has 0 atom stereocenters. The summed E-state index contributed by atoms with van der Waals surface area (Å²) in [6, 6.07) is 14.2. The third-order valence-corrected chi connectivity index (χ3v) is 4.28. The summed E-state index contributed by atoms with van der Waals surface area (Å²) in [4.78, 5) is 3.94. The summed E-state index contributed by atoms with van der Waals surface area (Å²) in [7, 11) is 0. The maximum absolute atomic E-state index is 10.1. The first kappa shape index (κ1) is 13.8. The minimum absolute atomic E-state index is 0.156. The highest BCUT2D eigenvalue weighted by Gasteiger charge is 2.15. The van der Waals surface area contributed by atoms with Crippen molar-refractivity contribution in [2.24, 2.45) is 0 Å². The van der Waals surface area contributed by atoms with Gasteiger partial charge in [-0.25, -0.2) is 0 Å². The Labute approximate surface area is 134 Å². The number of para-hydroxylation sites is 1. The molecule has 1 N–H and O–H groups in total. The van der Waals surface area contributed by atoms with E-state index in [1.165, 1.54) is 11.8 Å². The quantitative estimate of drug-likeness (QED) is 0.533. The SMILES string of the molecule is CC(C)c1ccc2oc3c(-c4ccncc4O)cccc3c2c1. The summed E-state index contributed by atoms with van der Waals surface area (Å²) in [5.41, 5.74) is 4.56. The summed E-state index contributed by atoms with van der Waals surface area (Å²) in [5, 5.41) is 12.3. The van der Waals surface area contributed by atoms with Gasteiger partial charge in [-0.15, -0.1) is 0 Å². The Morgan fingerprint density at radius 2 is 1.87 bits per heavy atom. The molecule has 0 amide bonds. The van der Waals surface area contributed by atoms with E-state index in [1.807, 2.05) is 18.2 Å². The van der Waals surface area contributed by atoms with E-state index in [2.05, 4.69) is 37.0 Å². The van der Waals surface area contributed by atoms with Crippen LogP contribution < -0.4 is 0 Å². The third-order valence-electron chi connectivity index (χ3n) is 4.28. The van der Waals surface area contributed by atoms with Gasteiger partial charge in [-0.05, 0) is 29.7 Å². The molecular weight excluding hydrogens is 286 g/mol. The van der Waals surface area contributed by atoms with E-state index >= 15 is 0 Å². The van der Waals surface area contributed by atoms with Crippen molar-refractivity contribution >= 4 is 21.9 Å². The molecule has 4 rings (SSSR count). The van der Waals surface area contributed by atoms with E-state index in [1.54, 1.807) is 12.3 Å². The van der Waals surface area contributed by atoms with Gasteiger partial charge in [0, 0.05) is 28.1 Å². The third kappa shape index (κ3) is 2.16. The Hall–Kier alpha value is -2.81. The van der Waals surface area contributed by atoms with Crippen LogP contribution in [0.3, 0.4) is 0 Å². The molecule has 2 heterocycles. The van der Waals surface area contributed by atoms with Gasteiger partial charge in [-0.2, -0.15) is 0 Å². The van der Waals surface area contributed by atoms with Crippen LogP contribution >= 0.6 is 0 Å². The summed E-state index contributed by atoms with van der Waals surface area (Å²) in [5.74, 6) is 0.625. The van der Waals surface area contributed by atoms with Crippen LogP contribution in [-0.4, -0.2) is 10.1 Å². The number of benzene rings is 2. The topological polar surface area (TPSA) is 46.3 Å². The highest BCUT2D eigenvalue weighted by atomic mass is 16.3. The standard InChI is InChI=1S/C20H17NO2/c1-12(2)13-6-7-19-17(10-13)16-5-3-4-15(20(16)23-19)14-8-9-21-11-18(14)22/h3-12,22H,1-2H3. The molecule has 0 saturated heterocycles. The Kier molecular flexibility index (Phi) is 3.08. The number of hydrogen-bond donors (Lipinski definition) is 1. The fourth-order valence-corrected chi connectivity index (χ4v) is 3.00. The number of nitrogens with zero attached hydrogens (tertiary/aromatic N) is 1. The molecule has 0 unspecified atom stereocenters. The number of furan rings is 1. The Bertz CT molecular complexity index is 1010. The monoisotopic (exact) mass is 303 g/mol. The van der Waals surface area contributed by atoms with Crippen molar-refractivity contribution in [3.63, 3.8) is 0 Å². The number of pyridine rings is 1. The molecule has 4 aromatic rings. The predicted octanol–water partition coefficient (Wildman–Crippen LogP) is 5.48. The predicted molar refractivity (Wildman–Crippen MR) is 92.7 cm³/mol. The zero-order valence-electron chi connectivity index (χ0n) is 13.1. The van der Waals surface area contributed by atoms with E-state index in [-0.39, 0.29) is 5.75 Å². The van der Waals surface area contributed by atoms with Crippen LogP contribution in [0.4, 0.5) is 0 Å². The molecule has 0 spiro atoms. The van der Waals surface area contributed by atoms with Crippen LogP contribution in [0.15, 0.2) is 59.3 Å². The van der Waals surface area contributed by atoms with Gasteiger partial charge >= 0.3 is 0 Å². The van der Waals surface area contributed by atoms with Crippen molar-refractivity contribution in [2.75, 3.05) is 0 Å². The summed E-state index contributed by atoms with van der Waals surface area (Å²) >= 11 is 0. The van der Waals surface area contributed by atoms with Crippen LogP contribution in [-0.2, 0) is 0 Å². The second kappa shape index (κ2) is 5.13. The fourth-order valence-electron chi connectivity index (χ4n) is 3.00. The van der Waals surface area contributed by atoms with Crippen molar-refractivity contribution in [1.82, 2.24) is 4.98 Å². The molecule has 0 aliphatic carbocycles. The molecule has 2 aromatic heterocycles. The first-order chi connectivity index (χ1) is 11.1. The van der Waals surface area contributed by atoms with Crippen LogP contribution in [0, 0.1) is 0 Å². The molecule has 3 nitrogen and oxygen atoms in total. The van der Waals surface area contributed by atoms with E-state index in [4.69, 9.17) is 4.42 Å². The molecule has 3 heteroatoms. The number of rotatable bonds is 2. The Morgan fingerprint density at radius 3 is 2.65 bits per heavy atom. The van der Waals surface area contributed by atoms with Gasteiger partial charge in [0.15, 0.2) is 0 Å². The van der Waals surface area contributed by atoms with Crippen molar-refractivity contribution in [2.45, 2.75) is 19.8 Å². The van der Waals surface area contributed by atoms with Gasteiger partial charge in [0.25, 0.3) is 0 Å². The summed E-state index contributed by atoms with van der Waals surface area (Å²) in [6.45, 7) is 4.37. The average molecular weight is 303 g/mol. The minimum atomic E-state index is 0.156. The van der Waals surface area contributed by atoms with Crippen LogP contribution in [0.2, 0.25) is 0 Å². The fraction of sp³-hybridized carbons (Fsp3) is 0.150. The highest BCUT2D eigenvalue weighted by Crippen LogP contribution is 2.39. The molecule has 2 aromatic carbocycles. The lowest BCUT2D eigenvalue weighted by molar-refractivity contribution is 0.474. The lowest BCUT2D eigenvalue weighted by Crippen LogP contribution is -1.85. The molecule has 114 valence electrons. The maximum Gasteiger partial charge on any atom is 0.143 e. The molecular formula is C20H17NO2. The Morgan fingerprint density at radius 1 is 1.00 bits per heavy atom. The van der Waals surface area contributed by atoms with Crippen LogP contribution in [0.5, 0.6) is 5.75 Å². The van der Waals surface area contributed by atoms with Gasteiger partial charge in [0.1, 0.15) is 16.9 Å². The van der Waals surface area contributed by atoms with Gasteiger partial charge in [-0.3, -0.25) is 4.98 Å². The minimum Gasteiger partial charge on any atom is -0.506 e. The molecule has 0 radical (unpaired) electrons. The summed E-state index contributed by atoms with van der Waals surface area (Å²) < 4.78 is 6.10. The zero-order valence-corrected chi connectivity index (χ0v) is 13.1. The normalized spacial score (nSPS) is 11.6. The van der Waals surface area contributed by atoms with E-state index in [0.717, 1.165) is 33.1 Å². The average Bonchev–Trinajstić information content (AvgIpc) is 2.93. The molecule has 23 heavy (non-hydrogen) atoms. The highest BCUT2D eigenvalue weighted by molar-refractivity contribution is 6.10. The smallest absolute Gasteiger partial charge is 0.143 e. The van der Waals surface area contributed by atoms with Crippen LogP contribution in [0.25, 0.3) is 33.1 Å². The lowest BCUT2D eigenvalue weighted by atomic mass is 9.99. The van der Waals surface area contributed by atoms with Gasteiger partial charge in [-0.1, -0.05) is 38.1 Å². The number of aromatic nitrogens is 1. The van der Waals surface area contributed by atoms with E-state index in [9.17, 15) is 5.11 Å². The largest absolute Gasteiger partial charge is 0.506 e. The number of fused-ring (bicyclic) bond motifs is 3. The first-order valence-electron chi connectivity index (χ1n) is 7.73.